The highest BCUT2D eigenvalue weighted by molar-refractivity contribution is 6.31. The van der Waals surface area contributed by atoms with Gasteiger partial charge in [0.2, 0.25) is 0 Å². The highest BCUT2D eigenvalue weighted by atomic mass is 35.5. The summed E-state index contributed by atoms with van der Waals surface area (Å²) < 4.78 is 19.0. The third-order valence-electron chi connectivity index (χ3n) is 3.89. The summed E-state index contributed by atoms with van der Waals surface area (Å²) in [6.45, 7) is 4.33. The summed E-state index contributed by atoms with van der Waals surface area (Å²) in [7, 11) is 0. The molecule has 1 N–H and O–H groups in total. The standard InChI is InChI=1S/C20H25ClFNO/c1-2-3-4-7-12-23-14-16-8-5-6-9-20(16)24-15-17-10-11-18(22)13-19(17)21/h5-6,8-11,13,23H,2-4,7,12,14-15H2,1H3. The van der Waals surface area contributed by atoms with Gasteiger partial charge in [-0.25, -0.2) is 4.39 Å². The third kappa shape index (κ3) is 6.14. The topological polar surface area (TPSA) is 21.3 Å². The Labute approximate surface area is 149 Å². The first-order valence-electron chi connectivity index (χ1n) is 8.56. The summed E-state index contributed by atoms with van der Waals surface area (Å²) in [5, 5.41) is 3.85. The van der Waals surface area contributed by atoms with Crippen LogP contribution in [0.3, 0.4) is 0 Å². The molecule has 0 saturated carbocycles. The van der Waals surface area contributed by atoms with Crippen LogP contribution in [0.2, 0.25) is 5.02 Å². The number of benzene rings is 2. The molecule has 0 unspecified atom stereocenters. The predicted molar refractivity (Wildman–Crippen MR) is 98.0 cm³/mol. The van der Waals surface area contributed by atoms with Gasteiger partial charge < -0.3 is 10.1 Å². The summed E-state index contributed by atoms with van der Waals surface area (Å²) in [4.78, 5) is 0. The van der Waals surface area contributed by atoms with Gasteiger partial charge in [0.05, 0.1) is 5.02 Å². The Balaban J connectivity index is 1.86. The van der Waals surface area contributed by atoms with Gasteiger partial charge in [-0.15, -0.1) is 0 Å². The van der Waals surface area contributed by atoms with Crippen LogP contribution in [0.1, 0.15) is 43.7 Å². The Bertz CT molecular complexity index is 633. The van der Waals surface area contributed by atoms with E-state index in [0.29, 0.717) is 11.6 Å². The van der Waals surface area contributed by atoms with Crippen LogP contribution in [0.25, 0.3) is 0 Å². The molecule has 0 radical (unpaired) electrons. The van der Waals surface area contributed by atoms with Crippen molar-refractivity contribution in [2.75, 3.05) is 6.54 Å². The molecule has 0 atom stereocenters. The molecule has 4 heteroatoms. The molecule has 0 saturated heterocycles. The third-order valence-corrected chi connectivity index (χ3v) is 4.25. The van der Waals surface area contributed by atoms with Crippen molar-refractivity contribution in [3.8, 4) is 5.75 Å². The molecule has 0 bridgehead atoms. The monoisotopic (exact) mass is 349 g/mol. The van der Waals surface area contributed by atoms with Crippen molar-refractivity contribution >= 4 is 11.6 Å². The van der Waals surface area contributed by atoms with E-state index in [9.17, 15) is 4.39 Å². The van der Waals surface area contributed by atoms with E-state index >= 15 is 0 Å². The lowest BCUT2D eigenvalue weighted by Crippen LogP contribution is -2.15. The van der Waals surface area contributed by atoms with Gasteiger partial charge in [-0.05, 0) is 31.2 Å². The average molecular weight is 350 g/mol. The lowest BCUT2D eigenvalue weighted by Gasteiger charge is -2.13. The van der Waals surface area contributed by atoms with Crippen molar-refractivity contribution in [2.45, 2.75) is 45.8 Å². The summed E-state index contributed by atoms with van der Waals surface area (Å²) in [6.07, 6.45) is 5.01. The van der Waals surface area contributed by atoms with E-state index in [1.165, 1.54) is 37.8 Å². The zero-order chi connectivity index (χ0) is 17.2. The largest absolute Gasteiger partial charge is 0.489 e. The normalized spacial score (nSPS) is 10.8. The van der Waals surface area contributed by atoms with Gasteiger partial charge in [0.1, 0.15) is 18.2 Å². The molecule has 0 aliphatic carbocycles. The molecule has 0 aromatic heterocycles. The summed E-state index contributed by atoms with van der Waals surface area (Å²) in [5.74, 6) is 0.496. The van der Waals surface area contributed by atoms with Crippen molar-refractivity contribution in [3.63, 3.8) is 0 Å². The Hall–Kier alpha value is -1.58. The van der Waals surface area contributed by atoms with Crippen molar-refractivity contribution in [1.82, 2.24) is 5.32 Å². The molecule has 0 amide bonds. The molecular formula is C20H25ClFNO. The lowest BCUT2D eigenvalue weighted by atomic mass is 10.2. The second kappa shape index (κ2) is 10.3. The zero-order valence-corrected chi connectivity index (χ0v) is 14.9. The van der Waals surface area contributed by atoms with Gasteiger partial charge in [-0.3, -0.25) is 0 Å². The molecule has 0 spiro atoms. The van der Waals surface area contributed by atoms with Gasteiger partial charge in [0.25, 0.3) is 0 Å². The molecular weight excluding hydrogens is 325 g/mol. The Morgan fingerprint density at radius 3 is 2.67 bits per heavy atom. The maximum atomic E-state index is 13.1. The van der Waals surface area contributed by atoms with Crippen LogP contribution in [-0.2, 0) is 13.2 Å². The number of halogens is 2. The van der Waals surface area contributed by atoms with E-state index in [-0.39, 0.29) is 5.82 Å². The molecule has 2 aromatic rings. The van der Waals surface area contributed by atoms with E-state index in [2.05, 4.69) is 18.3 Å². The van der Waals surface area contributed by atoms with E-state index in [0.717, 1.165) is 30.0 Å². The second-order valence-electron chi connectivity index (χ2n) is 5.87. The summed E-state index contributed by atoms with van der Waals surface area (Å²) in [5.41, 5.74) is 1.90. The molecule has 0 fully saturated rings. The number of para-hydroxylation sites is 1. The summed E-state index contributed by atoms with van der Waals surface area (Å²) in [6, 6.07) is 12.3. The highest BCUT2D eigenvalue weighted by Crippen LogP contribution is 2.22. The second-order valence-corrected chi connectivity index (χ2v) is 6.28. The SMILES string of the molecule is CCCCCCNCc1ccccc1OCc1ccc(F)cc1Cl. The van der Waals surface area contributed by atoms with Gasteiger partial charge in [-0.2, -0.15) is 0 Å². The zero-order valence-electron chi connectivity index (χ0n) is 14.2. The van der Waals surface area contributed by atoms with Crippen LogP contribution in [-0.4, -0.2) is 6.54 Å². The van der Waals surface area contributed by atoms with Gasteiger partial charge in [0.15, 0.2) is 0 Å². The minimum atomic E-state index is -0.337. The number of rotatable bonds is 10. The van der Waals surface area contributed by atoms with Crippen LogP contribution in [0.4, 0.5) is 4.39 Å². The first-order chi connectivity index (χ1) is 11.7. The number of hydrogen-bond donors (Lipinski definition) is 1. The maximum absolute atomic E-state index is 13.1. The fourth-order valence-electron chi connectivity index (χ4n) is 2.48. The minimum Gasteiger partial charge on any atom is -0.489 e. The van der Waals surface area contributed by atoms with Crippen LogP contribution < -0.4 is 10.1 Å². The fraction of sp³-hybridized carbons (Fsp3) is 0.400. The van der Waals surface area contributed by atoms with E-state index < -0.39 is 0 Å². The number of unbranched alkanes of at least 4 members (excludes halogenated alkanes) is 3. The van der Waals surface area contributed by atoms with E-state index in [4.69, 9.17) is 16.3 Å². The van der Waals surface area contributed by atoms with Gasteiger partial charge in [0, 0.05) is 17.7 Å². The van der Waals surface area contributed by atoms with Crippen LogP contribution in [0.15, 0.2) is 42.5 Å². The minimum absolute atomic E-state index is 0.326. The molecule has 2 aromatic carbocycles. The molecule has 2 rings (SSSR count). The molecule has 24 heavy (non-hydrogen) atoms. The number of ether oxygens (including phenoxy) is 1. The van der Waals surface area contributed by atoms with Crippen LogP contribution in [0.5, 0.6) is 5.75 Å². The Kier molecular flexibility index (Phi) is 8.06. The molecule has 2 nitrogen and oxygen atoms in total. The molecule has 0 heterocycles. The summed E-state index contributed by atoms with van der Waals surface area (Å²) >= 11 is 6.05. The van der Waals surface area contributed by atoms with Gasteiger partial charge >= 0.3 is 0 Å². The van der Waals surface area contributed by atoms with Crippen molar-refractivity contribution in [2.24, 2.45) is 0 Å². The lowest BCUT2D eigenvalue weighted by molar-refractivity contribution is 0.302. The van der Waals surface area contributed by atoms with Crippen molar-refractivity contribution < 1.29 is 9.13 Å². The first kappa shape index (κ1) is 18.8. The smallest absolute Gasteiger partial charge is 0.124 e. The van der Waals surface area contributed by atoms with Crippen molar-refractivity contribution in [3.05, 3.63) is 64.4 Å². The quantitative estimate of drug-likeness (QED) is 0.553. The molecule has 0 aliphatic heterocycles. The van der Waals surface area contributed by atoms with Crippen molar-refractivity contribution in [1.29, 1.82) is 0 Å². The van der Waals surface area contributed by atoms with Gasteiger partial charge in [-0.1, -0.05) is 62.1 Å². The number of nitrogens with one attached hydrogen (secondary N) is 1. The van der Waals surface area contributed by atoms with E-state index in [1.54, 1.807) is 6.07 Å². The Morgan fingerprint density at radius 1 is 1.04 bits per heavy atom. The molecule has 0 aliphatic rings. The average Bonchev–Trinajstić information content (AvgIpc) is 2.58. The molecule has 130 valence electrons. The van der Waals surface area contributed by atoms with Crippen LogP contribution in [0, 0.1) is 5.82 Å². The Morgan fingerprint density at radius 2 is 1.88 bits per heavy atom. The maximum Gasteiger partial charge on any atom is 0.124 e. The first-order valence-corrected chi connectivity index (χ1v) is 8.94. The highest BCUT2D eigenvalue weighted by Gasteiger charge is 2.06. The van der Waals surface area contributed by atoms with Crippen LogP contribution >= 0.6 is 11.6 Å². The number of hydrogen-bond acceptors (Lipinski definition) is 2. The predicted octanol–water partition coefficient (Wildman–Crippen LogP) is 5.73. The fourth-order valence-corrected chi connectivity index (χ4v) is 2.71. The van der Waals surface area contributed by atoms with E-state index in [1.807, 2.05) is 18.2 Å².